The highest BCUT2D eigenvalue weighted by atomic mass is 32.2. The maximum atomic E-state index is 10.9. The van der Waals surface area contributed by atoms with Crippen LogP contribution in [0.2, 0.25) is 0 Å². The molecular formula is C6H11NOS. The Labute approximate surface area is 59.6 Å². The number of carbonyl (C=O) groups excluding carboxylic acids is 1. The summed E-state index contributed by atoms with van der Waals surface area (Å²) in [7, 11) is 1.87. The number of carbonyl (C=O) groups is 1. The van der Waals surface area contributed by atoms with Crippen LogP contribution >= 0.6 is 11.8 Å². The van der Waals surface area contributed by atoms with Crippen LogP contribution in [0.15, 0.2) is 0 Å². The normalized spacial score (nSPS) is 28.9. The summed E-state index contributed by atoms with van der Waals surface area (Å²) in [6, 6.07) is 0.427. The van der Waals surface area contributed by atoms with Crippen LogP contribution in [-0.2, 0) is 4.79 Å². The first-order valence-electron chi connectivity index (χ1n) is 3.05. The Bertz CT molecular complexity index is 126. The van der Waals surface area contributed by atoms with E-state index in [-0.39, 0.29) is 5.91 Å². The molecule has 3 heteroatoms. The molecule has 1 amide bonds. The Morgan fingerprint density at radius 3 is 2.89 bits per heavy atom. The average Bonchev–Trinajstić information content (AvgIpc) is 1.83. The maximum Gasteiger partial charge on any atom is 0.232 e. The van der Waals surface area contributed by atoms with Gasteiger partial charge in [0.2, 0.25) is 5.91 Å². The molecule has 0 unspecified atom stereocenters. The van der Waals surface area contributed by atoms with Gasteiger partial charge in [0.1, 0.15) is 0 Å². The molecule has 0 spiro atoms. The molecule has 1 fully saturated rings. The van der Waals surface area contributed by atoms with Crippen LogP contribution in [-0.4, -0.2) is 35.4 Å². The van der Waals surface area contributed by atoms with Crippen LogP contribution in [0.1, 0.15) is 6.92 Å². The fraction of sp³-hybridized carbons (Fsp3) is 0.833. The molecule has 0 aromatic heterocycles. The molecule has 0 radical (unpaired) electrons. The molecule has 1 heterocycles. The Morgan fingerprint density at radius 1 is 1.78 bits per heavy atom. The van der Waals surface area contributed by atoms with Gasteiger partial charge in [0, 0.05) is 18.8 Å². The molecule has 2 nitrogen and oxygen atoms in total. The van der Waals surface area contributed by atoms with E-state index in [0.717, 1.165) is 5.75 Å². The van der Waals surface area contributed by atoms with Crippen molar-refractivity contribution in [2.75, 3.05) is 18.6 Å². The van der Waals surface area contributed by atoms with Crippen LogP contribution in [0.5, 0.6) is 0 Å². The van der Waals surface area contributed by atoms with E-state index in [2.05, 4.69) is 6.92 Å². The van der Waals surface area contributed by atoms with E-state index in [1.165, 1.54) is 0 Å². The Hall–Kier alpha value is -0.180. The van der Waals surface area contributed by atoms with E-state index in [1.807, 2.05) is 11.9 Å². The van der Waals surface area contributed by atoms with Gasteiger partial charge in [0.15, 0.2) is 0 Å². The summed E-state index contributed by atoms with van der Waals surface area (Å²) < 4.78 is 0. The fourth-order valence-corrected chi connectivity index (χ4v) is 1.84. The number of amides is 1. The van der Waals surface area contributed by atoms with Crippen molar-refractivity contribution in [3.8, 4) is 0 Å². The van der Waals surface area contributed by atoms with Gasteiger partial charge in [0.05, 0.1) is 5.75 Å². The molecule has 1 aliphatic heterocycles. The third-order valence-corrected chi connectivity index (χ3v) is 2.81. The monoisotopic (exact) mass is 145 g/mol. The second-order valence-electron chi connectivity index (χ2n) is 2.37. The summed E-state index contributed by atoms with van der Waals surface area (Å²) in [6.45, 7) is 2.07. The first-order chi connectivity index (χ1) is 4.22. The lowest BCUT2D eigenvalue weighted by Crippen LogP contribution is -2.41. The Kier molecular flexibility index (Phi) is 2.01. The first kappa shape index (κ1) is 6.93. The smallest absolute Gasteiger partial charge is 0.232 e. The lowest BCUT2D eigenvalue weighted by Gasteiger charge is -2.28. The van der Waals surface area contributed by atoms with Crippen LogP contribution < -0.4 is 0 Å². The predicted octanol–water partition coefficient (Wildman–Crippen LogP) is 0.580. The summed E-state index contributed by atoms with van der Waals surface area (Å²) in [6.07, 6.45) is 0. The SMILES string of the molecule is C[C@H]1CSCC(=O)N1C. The molecule has 0 saturated carbocycles. The van der Waals surface area contributed by atoms with Crippen LogP contribution in [0.3, 0.4) is 0 Å². The number of hydrogen-bond acceptors (Lipinski definition) is 2. The summed E-state index contributed by atoms with van der Waals surface area (Å²) >= 11 is 1.72. The zero-order valence-corrected chi connectivity index (χ0v) is 6.57. The van der Waals surface area contributed by atoms with E-state index in [0.29, 0.717) is 11.8 Å². The van der Waals surface area contributed by atoms with Crippen molar-refractivity contribution in [3.05, 3.63) is 0 Å². The molecule has 1 atom stereocenters. The Morgan fingerprint density at radius 2 is 2.44 bits per heavy atom. The molecule has 0 aromatic rings. The van der Waals surface area contributed by atoms with Crippen LogP contribution in [0.25, 0.3) is 0 Å². The zero-order chi connectivity index (χ0) is 6.85. The number of rotatable bonds is 0. The highest BCUT2D eigenvalue weighted by Crippen LogP contribution is 2.14. The lowest BCUT2D eigenvalue weighted by atomic mass is 10.3. The molecular weight excluding hydrogens is 134 g/mol. The number of hydrogen-bond donors (Lipinski definition) is 0. The van der Waals surface area contributed by atoms with Crippen LogP contribution in [0.4, 0.5) is 0 Å². The lowest BCUT2D eigenvalue weighted by molar-refractivity contribution is -0.128. The van der Waals surface area contributed by atoms with Gasteiger partial charge in [-0.15, -0.1) is 11.8 Å². The summed E-state index contributed by atoms with van der Waals surface area (Å²) in [4.78, 5) is 12.7. The minimum atomic E-state index is 0.263. The first-order valence-corrected chi connectivity index (χ1v) is 4.20. The van der Waals surface area contributed by atoms with Gasteiger partial charge >= 0.3 is 0 Å². The highest BCUT2D eigenvalue weighted by molar-refractivity contribution is 8.00. The van der Waals surface area contributed by atoms with Crippen molar-refractivity contribution in [3.63, 3.8) is 0 Å². The molecule has 0 aromatic carbocycles. The van der Waals surface area contributed by atoms with E-state index in [4.69, 9.17) is 0 Å². The summed E-state index contributed by atoms with van der Waals surface area (Å²) in [5.41, 5.74) is 0. The van der Waals surface area contributed by atoms with Gasteiger partial charge in [-0.05, 0) is 6.92 Å². The third kappa shape index (κ3) is 1.39. The second-order valence-corrected chi connectivity index (χ2v) is 3.40. The van der Waals surface area contributed by atoms with Crippen molar-refractivity contribution in [1.82, 2.24) is 4.90 Å². The van der Waals surface area contributed by atoms with Crippen LogP contribution in [0, 0.1) is 0 Å². The molecule has 0 aliphatic carbocycles. The van der Waals surface area contributed by atoms with Crippen molar-refractivity contribution < 1.29 is 4.79 Å². The minimum absolute atomic E-state index is 0.263. The van der Waals surface area contributed by atoms with Gasteiger partial charge in [-0.2, -0.15) is 0 Å². The van der Waals surface area contributed by atoms with E-state index in [9.17, 15) is 4.79 Å². The van der Waals surface area contributed by atoms with Crippen molar-refractivity contribution >= 4 is 17.7 Å². The third-order valence-electron chi connectivity index (χ3n) is 1.64. The van der Waals surface area contributed by atoms with E-state index < -0.39 is 0 Å². The van der Waals surface area contributed by atoms with Crippen molar-refractivity contribution in [1.29, 1.82) is 0 Å². The largest absolute Gasteiger partial charge is 0.342 e. The topological polar surface area (TPSA) is 20.3 Å². The van der Waals surface area contributed by atoms with Gasteiger partial charge in [-0.25, -0.2) is 0 Å². The Balaban J connectivity index is 2.51. The van der Waals surface area contributed by atoms with Gasteiger partial charge in [-0.1, -0.05) is 0 Å². The maximum absolute atomic E-state index is 10.9. The highest BCUT2D eigenvalue weighted by Gasteiger charge is 2.20. The molecule has 1 saturated heterocycles. The summed E-state index contributed by atoms with van der Waals surface area (Å²) in [5.74, 6) is 2.02. The molecule has 1 aliphatic rings. The quantitative estimate of drug-likeness (QED) is 0.497. The minimum Gasteiger partial charge on any atom is -0.342 e. The molecule has 52 valence electrons. The molecule has 0 N–H and O–H groups in total. The van der Waals surface area contributed by atoms with Crippen molar-refractivity contribution in [2.45, 2.75) is 13.0 Å². The second kappa shape index (κ2) is 2.60. The van der Waals surface area contributed by atoms with Crippen molar-refractivity contribution in [2.24, 2.45) is 0 Å². The van der Waals surface area contributed by atoms with E-state index >= 15 is 0 Å². The molecule has 0 bridgehead atoms. The van der Waals surface area contributed by atoms with E-state index in [1.54, 1.807) is 11.8 Å². The van der Waals surface area contributed by atoms with Gasteiger partial charge in [-0.3, -0.25) is 4.79 Å². The molecule has 9 heavy (non-hydrogen) atoms. The summed E-state index contributed by atoms with van der Waals surface area (Å²) in [5, 5.41) is 0. The number of nitrogens with zero attached hydrogens (tertiary/aromatic N) is 1. The molecule has 1 rings (SSSR count). The average molecular weight is 145 g/mol. The van der Waals surface area contributed by atoms with Gasteiger partial charge < -0.3 is 4.90 Å². The standard InChI is InChI=1S/C6H11NOS/c1-5-3-9-4-6(8)7(5)2/h5H,3-4H2,1-2H3/t5-/m0/s1. The fourth-order valence-electron chi connectivity index (χ4n) is 0.776. The van der Waals surface area contributed by atoms with Gasteiger partial charge in [0.25, 0.3) is 0 Å². The predicted molar refractivity (Wildman–Crippen MR) is 39.6 cm³/mol. The number of thioether (sulfide) groups is 1. The zero-order valence-electron chi connectivity index (χ0n) is 5.76.